The summed E-state index contributed by atoms with van der Waals surface area (Å²) in [6.07, 6.45) is 0.498. The second-order valence-corrected chi connectivity index (χ2v) is 7.41. The summed E-state index contributed by atoms with van der Waals surface area (Å²) >= 11 is 0. The molecule has 0 heterocycles. The Balaban J connectivity index is 3.20. The highest BCUT2D eigenvalue weighted by atomic mass is 32.2. The van der Waals surface area contributed by atoms with Gasteiger partial charge in [-0.15, -0.1) is 0 Å². The molecule has 0 aromatic heterocycles. The molecule has 1 rings (SSSR count). The Morgan fingerprint density at radius 1 is 1.35 bits per heavy atom. The minimum absolute atomic E-state index is 0.00855. The van der Waals surface area contributed by atoms with Crippen LogP contribution in [0.3, 0.4) is 0 Å². The molecular formula is C13H23N3O3S. The summed E-state index contributed by atoms with van der Waals surface area (Å²) in [6, 6.07) is 4.42. The lowest BCUT2D eigenvalue weighted by molar-refractivity contribution is 0.235. The molecule has 0 bridgehead atoms. The molecule has 0 aliphatic rings. The van der Waals surface area contributed by atoms with Crippen molar-refractivity contribution in [3.8, 4) is 0 Å². The third-order valence-electron chi connectivity index (χ3n) is 3.11. The number of sulfonamides is 1. The van der Waals surface area contributed by atoms with Crippen LogP contribution in [0.25, 0.3) is 0 Å². The van der Waals surface area contributed by atoms with Crippen molar-refractivity contribution >= 4 is 21.4 Å². The summed E-state index contributed by atoms with van der Waals surface area (Å²) in [5.41, 5.74) is 6.18. The number of anilines is 2. The molecule has 0 radical (unpaired) electrons. The van der Waals surface area contributed by atoms with Crippen molar-refractivity contribution in [3.63, 3.8) is 0 Å². The first-order chi connectivity index (χ1) is 9.05. The Morgan fingerprint density at radius 2 is 1.95 bits per heavy atom. The van der Waals surface area contributed by atoms with Gasteiger partial charge >= 0.3 is 0 Å². The number of hydrogen-bond acceptors (Lipinski definition) is 5. The third-order valence-corrected chi connectivity index (χ3v) is 4.06. The van der Waals surface area contributed by atoms with E-state index in [0.29, 0.717) is 17.8 Å². The molecule has 0 aliphatic carbocycles. The fraction of sp³-hybridized carbons (Fsp3) is 0.538. The number of benzene rings is 1. The monoisotopic (exact) mass is 301 g/mol. The van der Waals surface area contributed by atoms with Crippen molar-refractivity contribution < 1.29 is 13.5 Å². The first-order valence-corrected chi connectivity index (χ1v) is 7.90. The molecule has 1 aromatic carbocycles. The summed E-state index contributed by atoms with van der Waals surface area (Å²) in [5.74, 6) is 0. The number of aliphatic hydroxyl groups is 1. The van der Waals surface area contributed by atoms with E-state index in [0.717, 1.165) is 0 Å². The van der Waals surface area contributed by atoms with E-state index in [1.807, 2.05) is 20.8 Å². The van der Waals surface area contributed by atoms with Crippen LogP contribution in [0.15, 0.2) is 23.1 Å². The van der Waals surface area contributed by atoms with Crippen LogP contribution < -0.4 is 16.2 Å². The first-order valence-electron chi connectivity index (χ1n) is 6.35. The lowest BCUT2D eigenvalue weighted by atomic mass is 9.85. The molecule has 114 valence electrons. The topological polar surface area (TPSA) is 118 Å². The van der Waals surface area contributed by atoms with Gasteiger partial charge in [0.05, 0.1) is 5.69 Å². The molecule has 7 heteroatoms. The highest BCUT2D eigenvalue weighted by Crippen LogP contribution is 2.29. The van der Waals surface area contributed by atoms with Gasteiger partial charge in [-0.25, -0.2) is 13.6 Å². The van der Waals surface area contributed by atoms with Gasteiger partial charge in [-0.05, 0) is 30.0 Å². The molecule has 1 aromatic rings. The summed E-state index contributed by atoms with van der Waals surface area (Å²) in [5, 5.41) is 17.5. The zero-order valence-electron chi connectivity index (χ0n) is 12.1. The van der Waals surface area contributed by atoms with Crippen LogP contribution in [0, 0.1) is 5.41 Å². The van der Waals surface area contributed by atoms with Crippen molar-refractivity contribution in [2.75, 3.05) is 17.7 Å². The van der Waals surface area contributed by atoms with Crippen LogP contribution in [0.1, 0.15) is 27.2 Å². The fourth-order valence-corrected chi connectivity index (χ4v) is 2.67. The molecule has 0 saturated heterocycles. The Bertz CT molecular complexity index is 565. The molecule has 0 saturated carbocycles. The maximum atomic E-state index is 11.6. The average Bonchev–Trinajstić information content (AvgIpc) is 2.28. The number of rotatable bonds is 5. The van der Waals surface area contributed by atoms with Crippen molar-refractivity contribution in [1.29, 1.82) is 0 Å². The number of aliphatic hydroxyl groups excluding tert-OH is 1. The lowest BCUT2D eigenvalue weighted by Crippen LogP contribution is -2.35. The molecule has 1 atom stereocenters. The average molecular weight is 301 g/mol. The number of nitrogen functional groups attached to an aromatic ring is 1. The lowest BCUT2D eigenvalue weighted by Gasteiger charge is -2.32. The summed E-state index contributed by atoms with van der Waals surface area (Å²) in [4.78, 5) is -0.0373. The summed E-state index contributed by atoms with van der Waals surface area (Å²) in [7, 11) is -3.87. The number of nitrogens with two attached hydrogens (primary N) is 2. The smallest absolute Gasteiger partial charge is 0.240 e. The van der Waals surface area contributed by atoms with Gasteiger partial charge in [0.15, 0.2) is 0 Å². The third kappa shape index (κ3) is 4.36. The summed E-state index contributed by atoms with van der Waals surface area (Å²) < 4.78 is 23.3. The molecule has 0 amide bonds. The van der Waals surface area contributed by atoms with Crippen LogP contribution in [0.2, 0.25) is 0 Å². The van der Waals surface area contributed by atoms with Crippen molar-refractivity contribution in [2.24, 2.45) is 10.6 Å². The Morgan fingerprint density at radius 3 is 2.40 bits per heavy atom. The van der Waals surface area contributed by atoms with Crippen LogP contribution in [-0.2, 0) is 10.0 Å². The Hall–Kier alpha value is -1.31. The quantitative estimate of drug-likeness (QED) is 0.608. The van der Waals surface area contributed by atoms with Crippen LogP contribution in [-0.4, -0.2) is 26.2 Å². The molecule has 6 nitrogen and oxygen atoms in total. The van der Waals surface area contributed by atoms with Gasteiger partial charge in [0.2, 0.25) is 10.0 Å². The van der Waals surface area contributed by atoms with E-state index in [9.17, 15) is 8.42 Å². The highest BCUT2D eigenvalue weighted by molar-refractivity contribution is 7.89. The van der Waals surface area contributed by atoms with Gasteiger partial charge in [0, 0.05) is 18.3 Å². The normalized spacial score (nSPS) is 14.1. The molecule has 0 spiro atoms. The molecule has 0 fully saturated rings. The molecular weight excluding hydrogens is 278 g/mol. The maximum Gasteiger partial charge on any atom is 0.240 e. The molecule has 6 N–H and O–H groups in total. The van der Waals surface area contributed by atoms with E-state index in [1.54, 1.807) is 12.1 Å². The minimum atomic E-state index is -3.87. The van der Waals surface area contributed by atoms with Gasteiger partial charge < -0.3 is 16.2 Å². The van der Waals surface area contributed by atoms with Crippen LogP contribution in [0.5, 0.6) is 0 Å². The Labute approximate surface area is 120 Å². The van der Waals surface area contributed by atoms with E-state index < -0.39 is 10.0 Å². The van der Waals surface area contributed by atoms with Crippen molar-refractivity contribution in [1.82, 2.24) is 0 Å². The second kappa shape index (κ2) is 5.99. The van der Waals surface area contributed by atoms with Crippen LogP contribution >= 0.6 is 0 Å². The predicted octanol–water partition coefficient (Wildman–Crippen LogP) is 1.13. The number of primary sulfonamides is 1. The standard InChI is InChI=1S/C13H23N3O3S/c1-13(2,3)12(6-7-17)16-10-5-4-9(14)8-11(10)20(15,18)19/h4-5,8,12,16-17H,6-7,14H2,1-3H3,(H2,15,18,19). The minimum Gasteiger partial charge on any atom is -0.399 e. The molecule has 0 aliphatic heterocycles. The largest absolute Gasteiger partial charge is 0.399 e. The zero-order chi connectivity index (χ0) is 15.6. The number of nitrogens with one attached hydrogen (secondary N) is 1. The van der Waals surface area contributed by atoms with Gasteiger partial charge in [-0.1, -0.05) is 20.8 Å². The number of hydrogen-bond donors (Lipinski definition) is 4. The maximum absolute atomic E-state index is 11.6. The fourth-order valence-electron chi connectivity index (χ4n) is 1.93. The van der Waals surface area contributed by atoms with Gasteiger partial charge in [-0.2, -0.15) is 0 Å². The van der Waals surface area contributed by atoms with Gasteiger partial charge in [0.25, 0.3) is 0 Å². The van der Waals surface area contributed by atoms with Crippen molar-refractivity contribution in [3.05, 3.63) is 18.2 Å². The Kier molecular flexibility index (Phi) is 5.01. The second-order valence-electron chi connectivity index (χ2n) is 5.88. The predicted molar refractivity (Wildman–Crippen MR) is 80.8 cm³/mol. The molecule has 20 heavy (non-hydrogen) atoms. The first kappa shape index (κ1) is 16.7. The van der Waals surface area contributed by atoms with E-state index in [4.69, 9.17) is 16.0 Å². The summed E-state index contributed by atoms with van der Waals surface area (Å²) in [6.45, 7) is 6.03. The SMILES string of the molecule is CC(C)(C)C(CCO)Nc1ccc(N)cc1S(N)(=O)=O. The van der Waals surface area contributed by atoms with E-state index >= 15 is 0 Å². The molecule has 1 unspecified atom stereocenters. The van der Waals surface area contributed by atoms with Crippen molar-refractivity contribution in [2.45, 2.75) is 38.1 Å². The highest BCUT2D eigenvalue weighted by Gasteiger charge is 2.26. The van der Waals surface area contributed by atoms with Crippen LogP contribution in [0.4, 0.5) is 11.4 Å². The van der Waals surface area contributed by atoms with E-state index in [1.165, 1.54) is 6.07 Å². The zero-order valence-corrected chi connectivity index (χ0v) is 12.9. The van der Waals surface area contributed by atoms with Gasteiger partial charge in [0.1, 0.15) is 4.90 Å². The van der Waals surface area contributed by atoms with E-state index in [-0.39, 0.29) is 23.0 Å². The van der Waals surface area contributed by atoms with Gasteiger partial charge in [-0.3, -0.25) is 0 Å². The van der Waals surface area contributed by atoms with E-state index in [2.05, 4.69) is 5.32 Å².